The number of aromatic nitrogens is 3. The number of piperidine rings is 2. The van der Waals surface area contributed by atoms with E-state index in [1.807, 2.05) is 34.9 Å². The van der Waals surface area contributed by atoms with Crippen LogP contribution < -0.4 is 35.8 Å². The maximum Gasteiger partial charge on any atom is 0.234 e. The lowest BCUT2D eigenvalue weighted by molar-refractivity contribution is -0.137. The number of fused-ring (bicyclic) bond motifs is 1. The molecule has 374 valence electrons. The van der Waals surface area contributed by atoms with E-state index in [9.17, 15) is 19.3 Å². The Kier molecular flexibility index (Phi) is 14.2. The molecule has 0 bridgehead atoms. The molecule has 3 amide bonds. The molecular formula is C52H61BrF2N10O5P+. The second-order valence-corrected chi connectivity index (χ2v) is 23.6. The summed E-state index contributed by atoms with van der Waals surface area (Å²) in [5.74, 6) is -2.37. The second-order valence-electron chi connectivity index (χ2n) is 19.6. The lowest BCUT2D eigenvalue weighted by Gasteiger charge is -2.44. The zero-order chi connectivity index (χ0) is 49.6. The third kappa shape index (κ3) is 10.0. The van der Waals surface area contributed by atoms with Crippen LogP contribution >= 0.6 is 23.4 Å². The number of halogens is 3. The van der Waals surface area contributed by atoms with E-state index in [0.717, 1.165) is 110 Å². The Bertz CT molecular complexity index is 2850. The van der Waals surface area contributed by atoms with Gasteiger partial charge in [-0.2, -0.15) is 4.98 Å². The minimum atomic E-state index is -2.40. The normalized spacial score (nSPS) is 21.0. The number of methoxy groups -OCH3 is 1. The van der Waals surface area contributed by atoms with Crippen molar-refractivity contribution >= 4 is 91.9 Å². The fourth-order valence-electron chi connectivity index (χ4n) is 11.4. The van der Waals surface area contributed by atoms with Crippen molar-refractivity contribution < 1.29 is 32.8 Å². The van der Waals surface area contributed by atoms with Crippen molar-refractivity contribution in [3.05, 3.63) is 87.7 Å². The number of rotatable bonds is 12. The van der Waals surface area contributed by atoms with Crippen molar-refractivity contribution in [2.24, 2.45) is 5.92 Å². The smallest absolute Gasteiger partial charge is 0.234 e. The van der Waals surface area contributed by atoms with Crippen molar-refractivity contribution in [3.8, 4) is 5.75 Å². The van der Waals surface area contributed by atoms with Gasteiger partial charge in [-0.25, -0.2) is 18.7 Å². The van der Waals surface area contributed by atoms with Crippen LogP contribution in [0.15, 0.2) is 59.2 Å². The molecule has 71 heavy (non-hydrogen) atoms. The molecule has 5 aromatic rings. The molecule has 5 aliphatic rings. The SMILES string of the molecule is CCc1cc(Nc2ncc(Br)c(Nc3ccc4nc(C)ccc4c3[P+]3(O)CCCC3)n2)c(OC)cc1N1CCC(N2CCN(C(=O)[C@@H]3CCN(c4cc(F)c(C5CCC(=O)NC5=O)c(F)c4)C3)CC2)CC1. The van der Waals surface area contributed by atoms with Crippen LogP contribution in [0.1, 0.15) is 74.6 Å². The molecule has 2 aromatic heterocycles. The maximum absolute atomic E-state index is 15.3. The molecular weight excluding hydrogens is 994 g/mol. The molecule has 19 heteroatoms. The van der Waals surface area contributed by atoms with Crippen molar-refractivity contribution in [3.63, 3.8) is 0 Å². The summed E-state index contributed by atoms with van der Waals surface area (Å²) in [5, 5.41) is 11.1. The second kappa shape index (κ2) is 20.5. The van der Waals surface area contributed by atoms with Gasteiger partial charge in [-0.05, 0) is 116 Å². The standard InChI is InChI=1S/C52H60BrF2N10O5P/c1-4-32-25-43(59-52-56-29-38(53)49(61-52)58-42-11-10-41-36(8-7-31(2)57-41)48(42)71(69)23-5-6-24-71)45(70-3)28-44(32)63-17-14-34(15-18-63)62-19-21-64(22-20-62)51(68)33-13-16-65(30-33)35-26-39(54)47(40(55)27-35)37-9-12-46(66)60-50(37)67/h7-8,10-11,25-29,33-34,37,69H,4-6,9,12-24,30H2,1-3H3,(H2-,56,58,59,60,61,66,67)/p+1/t33-,37?/m1/s1. The van der Waals surface area contributed by atoms with Gasteiger partial charge in [0.05, 0.1) is 52.6 Å². The molecule has 0 radical (unpaired) electrons. The Balaban J connectivity index is 0.747. The van der Waals surface area contributed by atoms with E-state index in [4.69, 9.17) is 14.7 Å². The quantitative estimate of drug-likeness (QED) is 0.0703. The third-order valence-corrected chi connectivity index (χ3v) is 19.2. The van der Waals surface area contributed by atoms with E-state index in [-0.39, 0.29) is 30.2 Å². The van der Waals surface area contributed by atoms with Crippen LogP contribution in [0, 0.1) is 24.5 Å². The highest BCUT2D eigenvalue weighted by Crippen LogP contribution is 2.61. The Morgan fingerprint density at radius 1 is 0.901 bits per heavy atom. The molecule has 7 heterocycles. The van der Waals surface area contributed by atoms with E-state index >= 15 is 8.78 Å². The number of imide groups is 1. The highest BCUT2D eigenvalue weighted by Gasteiger charge is 2.46. The number of piperazine rings is 1. The summed E-state index contributed by atoms with van der Waals surface area (Å²) in [6.07, 6.45) is 8.78. The summed E-state index contributed by atoms with van der Waals surface area (Å²) >= 11 is 3.67. The van der Waals surface area contributed by atoms with Gasteiger partial charge in [-0.3, -0.25) is 29.6 Å². The lowest BCUT2D eigenvalue weighted by Crippen LogP contribution is -2.55. The zero-order valence-corrected chi connectivity index (χ0v) is 42.9. The Morgan fingerprint density at radius 3 is 2.34 bits per heavy atom. The van der Waals surface area contributed by atoms with Gasteiger partial charge >= 0.3 is 0 Å². The van der Waals surface area contributed by atoms with Gasteiger partial charge in [0.2, 0.25) is 23.7 Å². The number of benzene rings is 3. The first kappa shape index (κ1) is 49.0. The number of aryl methyl sites for hydroxylation is 2. The van der Waals surface area contributed by atoms with Crippen LogP contribution in [-0.4, -0.2) is 125 Å². The lowest BCUT2D eigenvalue weighted by atomic mass is 9.89. The van der Waals surface area contributed by atoms with E-state index in [2.05, 4.69) is 71.8 Å². The first-order valence-electron chi connectivity index (χ1n) is 24.9. The number of nitrogens with zero attached hydrogens (tertiary/aromatic N) is 7. The van der Waals surface area contributed by atoms with Crippen LogP contribution in [0.25, 0.3) is 10.9 Å². The zero-order valence-electron chi connectivity index (χ0n) is 40.4. The molecule has 3 aromatic carbocycles. The van der Waals surface area contributed by atoms with Crippen LogP contribution in [-0.2, 0) is 20.8 Å². The number of carbonyl (C=O) groups excluding carboxylic acids is 3. The van der Waals surface area contributed by atoms with Crippen molar-refractivity contribution in [1.82, 2.24) is 30.1 Å². The number of pyridine rings is 1. The molecule has 5 fully saturated rings. The molecule has 2 atom stereocenters. The van der Waals surface area contributed by atoms with E-state index in [1.165, 1.54) is 17.7 Å². The summed E-state index contributed by atoms with van der Waals surface area (Å²) in [6.45, 7) is 9.62. The highest BCUT2D eigenvalue weighted by molar-refractivity contribution is 9.10. The maximum atomic E-state index is 15.3. The fourth-order valence-corrected chi connectivity index (χ4v) is 15.1. The van der Waals surface area contributed by atoms with Gasteiger partial charge in [0.1, 0.15) is 17.4 Å². The molecule has 0 spiro atoms. The number of carbonyl (C=O) groups is 3. The predicted molar refractivity (Wildman–Crippen MR) is 278 cm³/mol. The largest absolute Gasteiger partial charge is 0.494 e. The van der Waals surface area contributed by atoms with Gasteiger partial charge in [-0.1, -0.05) is 6.92 Å². The molecule has 15 nitrogen and oxygen atoms in total. The molecule has 5 saturated heterocycles. The first-order valence-corrected chi connectivity index (χ1v) is 27.8. The number of hydrogen-bond acceptors (Lipinski definition) is 13. The van der Waals surface area contributed by atoms with Crippen molar-refractivity contribution in [2.75, 3.05) is 92.2 Å². The van der Waals surface area contributed by atoms with Gasteiger partial charge in [0.15, 0.2) is 18.6 Å². The highest BCUT2D eigenvalue weighted by atomic mass is 79.9. The number of hydrogen-bond donors (Lipinski definition) is 4. The minimum absolute atomic E-state index is 0.0281. The summed E-state index contributed by atoms with van der Waals surface area (Å²) < 4.78 is 37.3. The predicted octanol–water partition coefficient (Wildman–Crippen LogP) is 7.94. The topological polar surface area (TPSA) is 168 Å². The molecule has 4 N–H and O–H groups in total. The Hall–Kier alpha value is -5.55. The van der Waals surface area contributed by atoms with Crippen LogP contribution in [0.4, 0.5) is 43.3 Å². The van der Waals surface area contributed by atoms with Crippen LogP contribution in [0.3, 0.4) is 0 Å². The average molecular weight is 1050 g/mol. The molecule has 5 aliphatic heterocycles. The van der Waals surface area contributed by atoms with Gasteiger partial charge in [0, 0.05) is 105 Å². The van der Waals surface area contributed by atoms with Crippen LogP contribution in [0.5, 0.6) is 5.75 Å². The molecule has 0 aliphatic carbocycles. The molecule has 10 rings (SSSR count). The summed E-state index contributed by atoms with van der Waals surface area (Å²) in [7, 11) is -0.731. The summed E-state index contributed by atoms with van der Waals surface area (Å²) in [6, 6.07) is 15.2. The summed E-state index contributed by atoms with van der Waals surface area (Å²) in [4.78, 5) is 72.9. The van der Waals surface area contributed by atoms with Crippen molar-refractivity contribution in [1.29, 1.82) is 0 Å². The van der Waals surface area contributed by atoms with Gasteiger partial charge < -0.3 is 30.1 Å². The number of ether oxygens (including phenoxy) is 1. The minimum Gasteiger partial charge on any atom is -0.494 e. The van der Waals surface area contributed by atoms with E-state index in [0.29, 0.717) is 66.3 Å². The van der Waals surface area contributed by atoms with E-state index in [1.54, 1.807) is 13.3 Å². The fraction of sp³-hybridized carbons (Fsp3) is 0.462. The third-order valence-electron chi connectivity index (χ3n) is 15.2. The number of anilines is 6. The number of amides is 3. The van der Waals surface area contributed by atoms with Gasteiger partial charge in [0.25, 0.3) is 0 Å². The van der Waals surface area contributed by atoms with Crippen LogP contribution in [0.2, 0.25) is 0 Å². The van der Waals surface area contributed by atoms with Gasteiger partial charge in [-0.15, -0.1) is 0 Å². The van der Waals surface area contributed by atoms with E-state index < -0.39 is 36.9 Å². The van der Waals surface area contributed by atoms with Crippen molar-refractivity contribution in [2.45, 2.75) is 77.2 Å². The molecule has 1 unspecified atom stereocenters. The first-order chi connectivity index (χ1) is 34.3. The Morgan fingerprint density at radius 2 is 1.63 bits per heavy atom. The average Bonchev–Trinajstić information content (AvgIpc) is 4.05. The Labute approximate surface area is 421 Å². The number of nitrogens with one attached hydrogen (secondary N) is 3. The monoisotopic (exact) mass is 1050 g/mol. The summed E-state index contributed by atoms with van der Waals surface area (Å²) in [5.41, 5.74) is 5.75. The molecule has 0 saturated carbocycles.